The SMILES string of the molecule is COCC[C@H]1CCN(C)C1. The molecule has 1 fully saturated rings. The Morgan fingerprint density at radius 3 is 2.90 bits per heavy atom. The molecule has 1 heterocycles. The Labute approximate surface area is 63.2 Å². The topological polar surface area (TPSA) is 12.5 Å². The molecule has 0 aromatic carbocycles. The third kappa shape index (κ3) is 2.27. The molecule has 2 heteroatoms. The van der Waals surface area contributed by atoms with Crippen LogP contribution in [-0.4, -0.2) is 38.8 Å². The minimum atomic E-state index is 0.893. The number of likely N-dealkylation sites (tertiary alicyclic amines) is 1. The largest absolute Gasteiger partial charge is 0.385 e. The lowest BCUT2D eigenvalue weighted by Crippen LogP contribution is -2.14. The molecule has 1 aliphatic rings. The molecule has 0 saturated carbocycles. The number of hydrogen-bond donors (Lipinski definition) is 0. The summed E-state index contributed by atoms with van der Waals surface area (Å²) in [5, 5.41) is 0. The van der Waals surface area contributed by atoms with Crippen LogP contribution in [0.5, 0.6) is 0 Å². The molecule has 0 radical (unpaired) electrons. The predicted octanol–water partition coefficient (Wildman–Crippen LogP) is 0.975. The van der Waals surface area contributed by atoms with Gasteiger partial charge in [0.25, 0.3) is 0 Å². The molecule has 0 aliphatic carbocycles. The van der Waals surface area contributed by atoms with E-state index in [1.165, 1.54) is 25.9 Å². The maximum Gasteiger partial charge on any atom is 0.0465 e. The zero-order valence-electron chi connectivity index (χ0n) is 6.97. The maximum absolute atomic E-state index is 5.02. The Hall–Kier alpha value is -0.0800. The van der Waals surface area contributed by atoms with Crippen molar-refractivity contribution in [2.24, 2.45) is 5.92 Å². The van der Waals surface area contributed by atoms with E-state index >= 15 is 0 Å². The molecule has 1 aliphatic heterocycles. The van der Waals surface area contributed by atoms with Gasteiger partial charge in [0.15, 0.2) is 0 Å². The van der Waals surface area contributed by atoms with E-state index in [1.807, 2.05) is 0 Å². The summed E-state index contributed by atoms with van der Waals surface area (Å²) in [7, 11) is 3.96. The van der Waals surface area contributed by atoms with Crippen molar-refractivity contribution in [2.45, 2.75) is 12.8 Å². The van der Waals surface area contributed by atoms with Crippen LogP contribution in [0.4, 0.5) is 0 Å². The lowest BCUT2D eigenvalue weighted by Gasteiger charge is -2.08. The van der Waals surface area contributed by atoms with Crippen molar-refractivity contribution in [1.82, 2.24) is 4.90 Å². The molecule has 2 nitrogen and oxygen atoms in total. The summed E-state index contributed by atoms with van der Waals surface area (Å²) >= 11 is 0. The second kappa shape index (κ2) is 3.94. The summed E-state index contributed by atoms with van der Waals surface area (Å²) in [6.45, 7) is 3.47. The standard InChI is InChI=1S/C8H17NO/c1-9-5-3-8(7-9)4-6-10-2/h8H,3-7H2,1-2H3/t8-/m1/s1. The van der Waals surface area contributed by atoms with Gasteiger partial charge in [0, 0.05) is 20.3 Å². The molecule has 1 rings (SSSR count). The van der Waals surface area contributed by atoms with Crippen LogP contribution >= 0.6 is 0 Å². The summed E-state index contributed by atoms with van der Waals surface area (Å²) in [5.74, 6) is 0.893. The van der Waals surface area contributed by atoms with Gasteiger partial charge in [0.2, 0.25) is 0 Å². The van der Waals surface area contributed by atoms with E-state index in [-0.39, 0.29) is 0 Å². The van der Waals surface area contributed by atoms with Gasteiger partial charge in [-0.05, 0) is 32.4 Å². The van der Waals surface area contributed by atoms with E-state index in [4.69, 9.17) is 4.74 Å². The summed E-state index contributed by atoms with van der Waals surface area (Å²) in [6, 6.07) is 0. The fourth-order valence-electron chi connectivity index (χ4n) is 1.55. The van der Waals surface area contributed by atoms with Gasteiger partial charge >= 0.3 is 0 Å². The summed E-state index contributed by atoms with van der Waals surface area (Å²) in [5.41, 5.74) is 0. The van der Waals surface area contributed by atoms with E-state index in [1.54, 1.807) is 7.11 Å². The van der Waals surface area contributed by atoms with Gasteiger partial charge in [-0.25, -0.2) is 0 Å². The number of hydrogen-bond acceptors (Lipinski definition) is 2. The molecule has 60 valence electrons. The van der Waals surface area contributed by atoms with Crippen LogP contribution in [0.25, 0.3) is 0 Å². The second-order valence-electron chi connectivity index (χ2n) is 3.20. The highest BCUT2D eigenvalue weighted by atomic mass is 16.5. The Bertz CT molecular complexity index is 95.3. The molecule has 1 saturated heterocycles. The van der Waals surface area contributed by atoms with Crippen LogP contribution in [0.2, 0.25) is 0 Å². The number of nitrogens with zero attached hydrogens (tertiary/aromatic N) is 1. The number of rotatable bonds is 3. The zero-order valence-corrected chi connectivity index (χ0v) is 6.97. The minimum Gasteiger partial charge on any atom is -0.385 e. The van der Waals surface area contributed by atoms with Gasteiger partial charge in [-0.15, -0.1) is 0 Å². The first-order valence-corrected chi connectivity index (χ1v) is 4.00. The average molecular weight is 143 g/mol. The fourth-order valence-corrected chi connectivity index (χ4v) is 1.55. The first kappa shape index (κ1) is 8.02. The fraction of sp³-hybridized carbons (Fsp3) is 1.00. The van der Waals surface area contributed by atoms with Gasteiger partial charge in [0.1, 0.15) is 0 Å². The van der Waals surface area contributed by atoms with E-state index in [0.29, 0.717) is 0 Å². The third-order valence-electron chi connectivity index (χ3n) is 2.22. The highest BCUT2D eigenvalue weighted by Gasteiger charge is 2.18. The van der Waals surface area contributed by atoms with Crippen molar-refractivity contribution in [3.05, 3.63) is 0 Å². The highest BCUT2D eigenvalue weighted by molar-refractivity contribution is 4.72. The van der Waals surface area contributed by atoms with Crippen LogP contribution in [0.15, 0.2) is 0 Å². The Kier molecular flexibility index (Phi) is 3.16. The highest BCUT2D eigenvalue weighted by Crippen LogP contribution is 2.17. The Morgan fingerprint density at radius 1 is 1.60 bits per heavy atom. The lowest BCUT2D eigenvalue weighted by atomic mass is 10.1. The summed E-state index contributed by atoms with van der Waals surface area (Å²) < 4.78 is 5.02. The molecule has 0 amide bonds. The van der Waals surface area contributed by atoms with Crippen LogP contribution in [-0.2, 0) is 4.74 Å². The minimum absolute atomic E-state index is 0.893. The predicted molar refractivity (Wildman–Crippen MR) is 42.1 cm³/mol. The quantitative estimate of drug-likeness (QED) is 0.584. The van der Waals surface area contributed by atoms with E-state index in [2.05, 4.69) is 11.9 Å². The van der Waals surface area contributed by atoms with E-state index in [9.17, 15) is 0 Å². The van der Waals surface area contributed by atoms with E-state index in [0.717, 1.165) is 12.5 Å². The molecule has 0 aromatic rings. The molecule has 0 aromatic heterocycles. The molecule has 0 bridgehead atoms. The first-order valence-electron chi connectivity index (χ1n) is 4.00. The molecular formula is C8H17NO. The van der Waals surface area contributed by atoms with Gasteiger partial charge in [-0.3, -0.25) is 0 Å². The lowest BCUT2D eigenvalue weighted by molar-refractivity contribution is 0.178. The first-order chi connectivity index (χ1) is 4.83. The van der Waals surface area contributed by atoms with Crippen LogP contribution in [0, 0.1) is 5.92 Å². The van der Waals surface area contributed by atoms with Crippen molar-refractivity contribution in [1.29, 1.82) is 0 Å². The Morgan fingerprint density at radius 2 is 2.40 bits per heavy atom. The molecule has 0 N–H and O–H groups in total. The van der Waals surface area contributed by atoms with Crippen molar-refractivity contribution >= 4 is 0 Å². The van der Waals surface area contributed by atoms with Crippen molar-refractivity contribution in [3.63, 3.8) is 0 Å². The molecule has 1 atom stereocenters. The summed E-state index contributed by atoms with van der Waals surface area (Å²) in [6.07, 6.45) is 2.60. The maximum atomic E-state index is 5.02. The molecule has 10 heavy (non-hydrogen) atoms. The van der Waals surface area contributed by atoms with Crippen molar-refractivity contribution in [2.75, 3.05) is 33.9 Å². The molecular weight excluding hydrogens is 126 g/mol. The Balaban J connectivity index is 2.06. The van der Waals surface area contributed by atoms with Gasteiger partial charge in [-0.2, -0.15) is 0 Å². The molecule has 0 unspecified atom stereocenters. The van der Waals surface area contributed by atoms with Crippen LogP contribution < -0.4 is 0 Å². The monoisotopic (exact) mass is 143 g/mol. The zero-order chi connectivity index (χ0) is 7.40. The van der Waals surface area contributed by atoms with Gasteiger partial charge in [-0.1, -0.05) is 0 Å². The normalized spacial score (nSPS) is 27.6. The average Bonchev–Trinajstić information content (AvgIpc) is 2.31. The van der Waals surface area contributed by atoms with Crippen molar-refractivity contribution < 1.29 is 4.74 Å². The van der Waals surface area contributed by atoms with Crippen molar-refractivity contribution in [3.8, 4) is 0 Å². The smallest absolute Gasteiger partial charge is 0.0465 e. The molecule has 0 spiro atoms. The van der Waals surface area contributed by atoms with Gasteiger partial charge < -0.3 is 9.64 Å². The van der Waals surface area contributed by atoms with Crippen LogP contribution in [0.3, 0.4) is 0 Å². The number of ether oxygens (including phenoxy) is 1. The third-order valence-corrected chi connectivity index (χ3v) is 2.22. The van der Waals surface area contributed by atoms with Gasteiger partial charge in [0.05, 0.1) is 0 Å². The summed E-state index contributed by atoms with van der Waals surface area (Å²) in [4.78, 5) is 2.39. The number of methoxy groups -OCH3 is 1. The second-order valence-corrected chi connectivity index (χ2v) is 3.20. The van der Waals surface area contributed by atoms with Crippen LogP contribution in [0.1, 0.15) is 12.8 Å². The van der Waals surface area contributed by atoms with E-state index < -0.39 is 0 Å².